The highest BCUT2D eigenvalue weighted by Gasteiger charge is 2.20. The summed E-state index contributed by atoms with van der Waals surface area (Å²) >= 11 is 0. The van der Waals surface area contributed by atoms with E-state index in [2.05, 4.69) is 138 Å². The molecule has 3 aromatic heterocycles. The molecule has 0 aliphatic heterocycles. The van der Waals surface area contributed by atoms with E-state index in [1.54, 1.807) is 0 Å². The van der Waals surface area contributed by atoms with Gasteiger partial charge in [0.25, 0.3) is 0 Å². The topological polar surface area (TPSA) is 56.7 Å². The number of fused-ring (bicyclic) bond motifs is 9. The van der Waals surface area contributed by atoms with Crippen LogP contribution in [0.5, 0.6) is 0 Å². The van der Waals surface area contributed by atoms with E-state index >= 15 is 0 Å². The molecule has 0 fully saturated rings. The predicted octanol–water partition coefficient (Wildman–Crippen LogP) is 13.8. The van der Waals surface area contributed by atoms with Crippen LogP contribution in [0, 0.1) is 0 Å². The Hall–Kier alpha value is -7.89. The summed E-state index contributed by atoms with van der Waals surface area (Å²) in [6.45, 7) is 0. The number of aromatic nitrogens is 4. The summed E-state index contributed by atoms with van der Waals surface area (Å²) in [4.78, 5) is 15.0. The molecule has 0 spiro atoms. The molecule has 9 aromatic carbocycles. The molecule has 12 aromatic rings. The second kappa shape index (κ2) is 12.8. The van der Waals surface area contributed by atoms with Gasteiger partial charge in [0, 0.05) is 55.6 Å². The minimum Gasteiger partial charge on any atom is -0.455 e. The number of nitrogens with zero attached hydrogens (tertiary/aromatic N) is 4. The van der Waals surface area contributed by atoms with Crippen LogP contribution in [0.2, 0.25) is 0 Å². The van der Waals surface area contributed by atoms with Gasteiger partial charge in [0.1, 0.15) is 11.2 Å². The van der Waals surface area contributed by atoms with Gasteiger partial charge in [-0.05, 0) is 69.6 Å². The molecule has 0 atom stereocenters. The normalized spacial score (nSPS) is 11.8. The Labute approximate surface area is 333 Å². The van der Waals surface area contributed by atoms with E-state index in [0.717, 1.165) is 71.7 Å². The first-order chi connectivity index (χ1) is 28.7. The zero-order valence-electron chi connectivity index (χ0n) is 31.2. The molecular weight excluding hydrogens is 709 g/mol. The van der Waals surface area contributed by atoms with Crippen molar-refractivity contribution in [3.05, 3.63) is 194 Å². The van der Waals surface area contributed by atoms with Gasteiger partial charge in [-0.15, -0.1) is 0 Å². The van der Waals surface area contributed by atoms with Crippen LogP contribution in [0.4, 0.5) is 0 Å². The summed E-state index contributed by atoms with van der Waals surface area (Å²) in [6.07, 6.45) is 0. The Morgan fingerprint density at radius 1 is 0.362 bits per heavy atom. The van der Waals surface area contributed by atoms with E-state index in [4.69, 9.17) is 19.4 Å². The molecule has 0 radical (unpaired) electrons. The average Bonchev–Trinajstić information content (AvgIpc) is 3.84. The van der Waals surface area contributed by atoms with E-state index < -0.39 is 0 Å². The molecular formula is C53H32N4O. The van der Waals surface area contributed by atoms with E-state index in [9.17, 15) is 0 Å². The van der Waals surface area contributed by atoms with Crippen molar-refractivity contribution in [2.75, 3.05) is 0 Å². The van der Waals surface area contributed by atoms with Gasteiger partial charge in [0.15, 0.2) is 17.5 Å². The van der Waals surface area contributed by atoms with Crippen LogP contribution in [-0.4, -0.2) is 19.5 Å². The first-order valence-corrected chi connectivity index (χ1v) is 19.5. The second-order valence-corrected chi connectivity index (χ2v) is 14.8. The van der Waals surface area contributed by atoms with Crippen LogP contribution in [0.25, 0.3) is 116 Å². The molecule has 0 saturated heterocycles. The SMILES string of the molecule is c1ccc(-c2nc(-c3ccccc3)nc(-c3cccc(-c4cc5ccccc5c5c4oc4cc(-n6c7ccccc7c7cc8ccccc8cc76)ccc45)c3)n2)cc1. The molecule has 0 bridgehead atoms. The highest BCUT2D eigenvalue weighted by Crippen LogP contribution is 2.43. The summed E-state index contributed by atoms with van der Waals surface area (Å²) in [7, 11) is 0. The van der Waals surface area contributed by atoms with Crippen molar-refractivity contribution in [2.45, 2.75) is 0 Å². The molecule has 5 heteroatoms. The van der Waals surface area contributed by atoms with Crippen molar-refractivity contribution >= 4 is 65.3 Å². The lowest BCUT2D eigenvalue weighted by Crippen LogP contribution is -2.00. The summed E-state index contributed by atoms with van der Waals surface area (Å²) in [5.41, 5.74) is 9.87. The minimum atomic E-state index is 0.611. The molecule has 0 aliphatic rings. The van der Waals surface area contributed by atoms with Crippen molar-refractivity contribution < 1.29 is 4.42 Å². The third-order valence-electron chi connectivity index (χ3n) is 11.4. The van der Waals surface area contributed by atoms with E-state index in [-0.39, 0.29) is 0 Å². The summed E-state index contributed by atoms with van der Waals surface area (Å²) in [5, 5.41) is 9.40. The van der Waals surface area contributed by atoms with E-state index in [1.807, 2.05) is 60.7 Å². The first kappa shape index (κ1) is 32.4. The third-order valence-corrected chi connectivity index (χ3v) is 11.4. The van der Waals surface area contributed by atoms with Gasteiger partial charge in [-0.3, -0.25) is 0 Å². The number of rotatable bonds is 5. The predicted molar refractivity (Wildman–Crippen MR) is 238 cm³/mol. The monoisotopic (exact) mass is 740 g/mol. The van der Waals surface area contributed by atoms with Crippen LogP contribution in [-0.2, 0) is 0 Å². The fourth-order valence-electron chi connectivity index (χ4n) is 8.66. The fraction of sp³-hybridized carbons (Fsp3) is 0. The second-order valence-electron chi connectivity index (χ2n) is 14.8. The van der Waals surface area contributed by atoms with Crippen molar-refractivity contribution in [1.29, 1.82) is 0 Å². The number of hydrogen-bond acceptors (Lipinski definition) is 4. The number of benzene rings is 9. The molecule has 0 saturated carbocycles. The summed E-state index contributed by atoms with van der Waals surface area (Å²) < 4.78 is 9.39. The van der Waals surface area contributed by atoms with Gasteiger partial charge in [-0.25, -0.2) is 15.0 Å². The van der Waals surface area contributed by atoms with Gasteiger partial charge < -0.3 is 8.98 Å². The average molecular weight is 741 g/mol. The highest BCUT2D eigenvalue weighted by atomic mass is 16.3. The van der Waals surface area contributed by atoms with Crippen molar-refractivity contribution in [3.63, 3.8) is 0 Å². The molecule has 270 valence electrons. The lowest BCUT2D eigenvalue weighted by atomic mass is 9.95. The lowest BCUT2D eigenvalue weighted by molar-refractivity contribution is 0.670. The van der Waals surface area contributed by atoms with Crippen molar-refractivity contribution in [1.82, 2.24) is 19.5 Å². The minimum absolute atomic E-state index is 0.611. The zero-order chi connectivity index (χ0) is 38.2. The molecule has 0 N–H and O–H groups in total. The molecule has 3 heterocycles. The quantitative estimate of drug-likeness (QED) is 0.176. The maximum Gasteiger partial charge on any atom is 0.164 e. The Bertz CT molecular complexity index is 3510. The lowest BCUT2D eigenvalue weighted by Gasteiger charge is -2.11. The van der Waals surface area contributed by atoms with Crippen LogP contribution < -0.4 is 0 Å². The smallest absolute Gasteiger partial charge is 0.164 e. The largest absolute Gasteiger partial charge is 0.455 e. The van der Waals surface area contributed by atoms with Gasteiger partial charge in [-0.2, -0.15) is 0 Å². The van der Waals surface area contributed by atoms with Gasteiger partial charge in [0.2, 0.25) is 0 Å². The van der Waals surface area contributed by atoms with Crippen LogP contribution in [0.3, 0.4) is 0 Å². The molecule has 0 unspecified atom stereocenters. The van der Waals surface area contributed by atoms with E-state index in [1.165, 1.54) is 27.1 Å². The van der Waals surface area contributed by atoms with Crippen LogP contribution in [0.15, 0.2) is 199 Å². The number of hydrogen-bond donors (Lipinski definition) is 0. The maximum absolute atomic E-state index is 7.02. The molecule has 0 aliphatic carbocycles. The first-order valence-electron chi connectivity index (χ1n) is 19.5. The molecule has 5 nitrogen and oxygen atoms in total. The van der Waals surface area contributed by atoms with Crippen molar-refractivity contribution in [3.8, 4) is 51.0 Å². The Morgan fingerprint density at radius 2 is 0.948 bits per heavy atom. The maximum atomic E-state index is 7.02. The Kier molecular flexibility index (Phi) is 7.16. The Balaban J connectivity index is 1.05. The summed E-state index contributed by atoms with van der Waals surface area (Å²) in [6, 6.07) is 68.0. The molecule has 58 heavy (non-hydrogen) atoms. The molecule has 12 rings (SSSR count). The molecule has 0 amide bonds. The third kappa shape index (κ3) is 5.14. The standard InChI is InChI=1S/C53H32N4O/c1-3-14-33(15-4-1)51-54-52(34-16-5-2-6-17-34)56-53(55-51)39-22-13-21-37(28-39)44-30-38-20-9-10-23-41(38)49-43-27-26-40(32-48(43)58-50(44)49)57-46-25-12-11-24-42(46)45-29-35-18-7-8-19-36(35)31-47(45)57/h1-32H. The number of furan rings is 1. The van der Waals surface area contributed by atoms with Gasteiger partial charge >= 0.3 is 0 Å². The number of para-hydroxylation sites is 1. The van der Waals surface area contributed by atoms with Gasteiger partial charge in [0.05, 0.1) is 11.0 Å². The van der Waals surface area contributed by atoms with E-state index in [0.29, 0.717) is 17.5 Å². The summed E-state index contributed by atoms with van der Waals surface area (Å²) in [5.74, 6) is 1.87. The zero-order valence-corrected chi connectivity index (χ0v) is 31.2. The van der Waals surface area contributed by atoms with Crippen LogP contribution >= 0.6 is 0 Å². The fourth-order valence-corrected chi connectivity index (χ4v) is 8.66. The Morgan fingerprint density at radius 3 is 1.69 bits per heavy atom. The van der Waals surface area contributed by atoms with Crippen LogP contribution in [0.1, 0.15) is 0 Å². The van der Waals surface area contributed by atoms with Gasteiger partial charge in [-0.1, -0.05) is 146 Å². The highest BCUT2D eigenvalue weighted by molar-refractivity contribution is 6.23. The van der Waals surface area contributed by atoms with Crippen molar-refractivity contribution in [2.24, 2.45) is 0 Å².